The number of benzene rings is 2. The number of anilines is 1. The Bertz CT molecular complexity index is 1250. The van der Waals surface area contributed by atoms with Gasteiger partial charge in [-0.1, -0.05) is 30.7 Å². The molecule has 10 heteroatoms. The molecule has 1 saturated heterocycles. The molecule has 0 N–H and O–H groups in total. The molecule has 5 rings (SSSR count). The standard InChI is InChI=1S/C23H21N3O5S2/c1-31-19-9-6-13(10-18(19)26(29)30)12-32-23-24-17-8-7-14(11-20(17)33-23)25-21(27)15-4-2-3-5-16(15)22(25)28/h6-11,15-16H,2-5,12H2,1H3/t15-,16-/m1/s1. The zero-order valence-electron chi connectivity index (χ0n) is 17.9. The van der Waals surface area contributed by atoms with Gasteiger partial charge in [-0.3, -0.25) is 24.6 Å². The van der Waals surface area contributed by atoms with Crippen molar-refractivity contribution in [1.29, 1.82) is 0 Å². The van der Waals surface area contributed by atoms with Crippen LogP contribution in [-0.4, -0.2) is 28.8 Å². The second-order valence-electron chi connectivity index (χ2n) is 8.19. The van der Waals surface area contributed by atoms with Crippen LogP contribution in [0.2, 0.25) is 0 Å². The number of aromatic nitrogens is 1. The number of thiazole rings is 1. The average Bonchev–Trinajstić information content (AvgIpc) is 3.35. The van der Waals surface area contributed by atoms with Crippen LogP contribution >= 0.6 is 23.1 Å². The number of hydrogen-bond acceptors (Lipinski definition) is 8. The first kappa shape index (κ1) is 21.8. The molecule has 2 fully saturated rings. The number of imide groups is 1. The van der Waals surface area contributed by atoms with Crippen molar-refractivity contribution in [2.45, 2.75) is 35.8 Å². The number of ether oxygens (including phenoxy) is 1. The summed E-state index contributed by atoms with van der Waals surface area (Å²) < 4.78 is 6.76. The van der Waals surface area contributed by atoms with Crippen LogP contribution in [0.25, 0.3) is 10.2 Å². The van der Waals surface area contributed by atoms with Gasteiger partial charge in [0, 0.05) is 11.8 Å². The zero-order chi connectivity index (χ0) is 23.1. The van der Waals surface area contributed by atoms with Crippen LogP contribution in [0.15, 0.2) is 40.7 Å². The summed E-state index contributed by atoms with van der Waals surface area (Å²) in [5.74, 6) is 0.232. The third-order valence-corrected chi connectivity index (χ3v) is 8.49. The molecule has 8 nitrogen and oxygen atoms in total. The van der Waals surface area contributed by atoms with E-state index in [-0.39, 0.29) is 35.1 Å². The summed E-state index contributed by atoms with van der Waals surface area (Å²) in [6.45, 7) is 0. The van der Waals surface area contributed by atoms with Crippen molar-refractivity contribution < 1.29 is 19.2 Å². The Morgan fingerprint density at radius 2 is 1.88 bits per heavy atom. The maximum absolute atomic E-state index is 12.9. The van der Waals surface area contributed by atoms with Gasteiger partial charge in [-0.05, 0) is 42.7 Å². The van der Waals surface area contributed by atoms with Crippen LogP contribution in [0.3, 0.4) is 0 Å². The van der Waals surface area contributed by atoms with E-state index in [1.54, 1.807) is 18.2 Å². The highest BCUT2D eigenvalue weighted by Crippen LogP contribution is 2.41. The molecule has 0 unspecified atom stereocenters. The third kappa shape index (κ3) is 3.97. The summed E-state index contributed by atoms with van der Waals surface area (Å²) in [7, 11) is 1.41. The van der Waals surface area contributed by atoms with Gasteiger partial charge in [-0.25, -0.2) is 4.98 Å². The molecule has 1 aliphatic carbocycles. The monoisotopic (exact) mass is 483 g/mol. The Morgan fingerprint density at radius 3 is 2.55 bits per heavy atom. The fraction of sp³-hybridized carbons (Fsp3) is 0.348. The average molecular weight is 484 g/mol. The molecule has 0 bridgehead atoms. The van der Waals surface area contributed by atoms with Gasteiger partial charge in [0.05, 0.1) is 39.8 Å². The van der Waals surface area contributed by atoms with Crippen molar-refractivity contribution in [2.24, 2.45) is 11.8 Å². The first-order valence-corrected chi connectivity index (χ1v) is 12.5. The maximum atomic E-state index is 12.9. The maximum Gasteiger partial charge on any atom is 0.311 e. The number of fused-ring (bicyclic) bond motifs is 2. The molecule has 2 aliphatic rings. The molecule has 2 aromatic carbocycles. The lowest BCUT2D eigenvalue weighted by molar-refractivity contribution is -0.385. The van der Waals surface area contributed by atoms with E-state index in [1.807, 2.05) is 12.1 Å². The summed E-state index contributed by atoms with van der Waals surface area (Å²) >= 11 is 2.96. The number of carbonyl (C=O) groups is 2. The molecular weight excluding hydrogens is 462 g/mol. The second-order valence-corrected chi connectivity index (χ2v) is 10.4. The van der Waals surface area contributed by atoms with E-state index < -0.39 is 4.92 Å². The summed E-state index contributed by atoms with van der Waals surface area (Å²) in [6, 6.07) is 10.4. The molecule has 1 aromatic heterocycles. The number of carbonyl (C=O) groups excluding carboxylic acids is 2. The first-order valence-electron chi connectivity index (χ1n) is 10.7. The quantitative estimate of drug-likeness (QED) is 0.206. The third-order valence-electron chi connectivity index (χ3n) is 6.25. The molecular formula is C23H21N3O5S2. The molecule has 3 aromatic rings. The van der Waals surface area contributed by atoms with E-state index in [2.05, 4.69) is 4.98 Å². The van der Waals surface area contributed by atoms with Crippen molar-refractivity contribution in [3.63, 3.8) is 0 Å². The Labute approximate surface area is 198 Å². The minimum atomic E-state index is -0.455. The number of amides is 2. The van der Waals surface area contributed by atoms with Gasteiger partial charge >= 0.3 is 5.69 Å². The van der Waals surface area contributed by atoms with Crippen LogP contribution in [0, 0.1) is 22.0 Å². The van der Waals surface area contributed by atoms with E-state index in [0.717, 1.165) is 45.8 Å². The molecule has 2 heterocycles. The molecule has 1 aliphatic heterocycles. The number of rotatable bonds is 6. The molecule has 33 heavy (non-hydrogen) atoms. The van der Waals surface area contributed by atoms with Gasteiger partial charge < -0.3 is 4.74 Å². The number of nitrogens with zero attached hydrogens (tertiary/aromatic N) is 3. The number of hydrogen-bond donors (Lipinski definition) is 0. The largest absolute Gasteiger partial charge is 0.490 e. The van der Waals surface area contributed by atoms with Crippen molar-refractivity contribution >= 4 is 56.5 Å². The Hall–Kier alpha value is -2.98. The van der Waals surface area contributed by atoms with Crippen molar-refractivity contribution in [3.8, 4) is 5.75 Å². The van der Waals surface area contributed by atoms with Gasteiger partial charge in [0.2, 0.25) is 11.8 Å². The predicted octanol–water partition coefficient (Wildman–Crippen LogP) is 5.19. The first-order chi connectivity index (χ1) is 16.0. The highest BCUT2D eigenvalue weighted by Gasteiger charge is 2.48. The van der Waals surface area contributed by atoms with Gasteiger partial charge in [0.1, 0.15) is 0 Å². The molecule has 0 radical (unpaired) electrons. The number of methoxy groups -OCH3 is 1. The molecule has 170 valence electrons. The normalized spacial score (nSPS) is 20.3. The van der Waals surface area contributed by atoms with Gasteiger partial charge in [0.15, 0.2) is 10.1 Å². The van der Waals surface area contributed by atoms with Crippen LogP contribution in [0.1, 0.15) is 31.2 Å². The zero-order valence-corrected chi connectivity index (χ0v) is 19.5. The van der Waals surface area contributed by atoms with Crippen LogP contribution in [-0.2, 0) is 15.3 Å². The highest BCUT2D eigenvalue weighted by molar-refractivity contribution is 8.00. The lowest BCUT2D eigenvalue weighted by Gasteiger charge is -2.19. The lowest BCUT2D eigenvalue weighted by atomic mass is 9.81. The van der Waals surface area contributed by atoms with Gasteiger partial charge in [-0.2, -0.15) is 0 Å². The topological polar surface area (TPSA) is 103 Å². The number of thioether (sulfide) groups is 1. The Balaban J connectivity index is 1.35. The van der Waals surface area contributed by atoms with Crippen molar-refractivity contribution in [3.05, 3.63) is 52.1 Å². The van der Waals surface area contributed by atoms with Crippen molar-refractivity contribution in [2.75, 3.05) is 12.0 Å². The van der Waals surface area contributed by atoms with E-state index in [1.165, 1.54) is 41.2 Å². The number of nitro groups is 1. The molecule has 1 saturated carbocycles. The van der Waals surface area contributed by atoms with Crippen LogP contribution in [0.4, 0.5) is 11.4 Å². The smallest absolute Gasteiger partial charge is 0.311 e. The summed E-state index contributed by atoms with van der Waals surface area (Å²) in [6.07, 6.45) is 3.58. The van der Waals surface area contributed by atoms with Gasteiger partial charge in [-0.15, -0.1) is 11.3 Å². The van der Waals surface area contributed by atoms with E-state index in [9.17, 15) is 19.7 Å². The highest BCUT2D eigenvalue weighted by atomic mass is 32.2. The molecule has 0 spiro atoms. The van der Waals surface area contributed by atoms with E-state index in [4.69, 9.17) is 4.74 Å². The minimum Gasteiger partial charge on any atom is -0.490 e. The fourth-order valence-electron chi connectivity index (χ4n) is 4.62. The van der Waals surface area contributed by atoms with Crippen molar-refractivity contribution in [1.82, 2.24) is 4.98 Å². The second kappa shape index (κ2) is 8.75. The number of nitro benzene ring substituents is 1. The minimum absolute atomic E-state index is 0.0648. The summed E-state index contributed by atoms with van der Waals surface area (Å²) in [4.78, 5) is 42.6. The predicted molar refractivity (Wildman–Crippen MR) is 127 cm³/mol. The van der Waals surface area contributed by atoms with Crippen LogP contribution in [0.5, 0.6) is 5.75 Å². The van der Waals surface area contributed by atoms with Crippen LogP contribution < -0.4 is 9.64 Å². The van der Waals surface area contributed by atoms with Gasteiger partial charge in [0.25, 0.3) is 0 Å². The Morgan fingerprint density at radius 1 is 1.15 bits per heavy atom. The Kier molecular flexibility index (Phi) is 5.79. The SMILES string of the molecule is COc1ccc(CSc2nc3ccc(N4C(=O)[C@@H]5CCCC[C@H]5C4=O)cc3s2)cc1[N+](=O)[O-]. The summed E-state index contributed by atoms with van der Waals surface area (Å²) in [5.41, 5.74) is 2.13. The lowest BCUT2D eigenvalue weighted by Crippen LogP contribution is -2.30. The molecule has 2 amide bonds. The van der Waals surface area contributed by atoms with E-state index >= 15 is 0 Å². The fourth-order valence-corrected chi connectivity index (χ4v) is 6.67. The van der Waals surface area contributed by atoms with E-state index in [0.29, 0.717) is 11.4 Å². The summed E-state index contributed by atoms with van der Waals surface area (Å²) in [5, 5.41) is 11.3. The molecule has 2 atom stereocenters.